The van der Waals surface area contributed by atoms with Gasteiger partial charge in [0.1, 0.15) is 11.8 Å². The Hall–Kier alpha value is -1.98. The Balaban J connectivity index is 2.40. The number of ketones is 2. The number of rotatable bonds is 5. The summed E-state index contributed by atoms with van der Waals surface area (Å²) >= 11 is 0. The Bertz CT molecular complexity index is 514. The molecule has 0 aromatic carbocycles. The third-order valence-corrected chi connectivity index (χ3v) is 4.75. The summed E-state index contributed by atoms with van der Waals surface area (Å²) in [5, 5.41) is 0. The summed E-state index contributed by atoms with van der Waals surface area (Å²) in [6.07, 6.45) is 5.76. The molecular weight excluding hydrogens is 312 g/mol. The Labute approximate surface area is 141 Å². The number of ether oxygens (including phenoxy) is 2. The maximum Gasteiger partial charge on any atom is 0.316 e. The highest BCUT2D eigenvalue weighted by molar-refractivity contribution is 6.16. The van der Waals surface area contributed by atoms with Gasteiger partial charge in [0.2, 0.25) is 0 Å². The molecule has 0 unspecified atom stereocenters. The van der Waals surface area contributed by atoms with Gasteiger partial charge in [0.15, 0.2) is 11.6 Å². The normalized spacial score (nSPS) is 27.8. The van der Waals surface area contributed by atoms with Gasteiger partial charge < -0.3 is 9.47 Å². The smallest absolute Gasteiger partial charge is 0.316 e. The van der Waals surface area contributed by atoms with E-state index in [1.165, 1.54) is 0 Å². The van der Waals surface area contributed by atoms with E-state index in [1.54, 1.807) is 13.8 Å². The lowest BCUT2D eigenvalue weighted by atomic mass is 9.62. The SMILES string of the molecule is CCOC(=O)[C@H]1C(=O)CC(=O)[C@H](C(=O)OCC)C1[C@H]1CC=CCC1. The number of allylic oxidation sites excluding steroid dienone is 2. The quantitative estimate of drug-likeness (QED) is 0.433. The van der Waals surface area contributed by atoms with Gasteiger partial charge in [-0.1, -0.05) is 12.2 Å². The molecule has 0 heterocycles. The zero-order valence-corrected chi connectivity index (χ0v) is 14.2. The highest BCUT2D eigenvalue weighted by Gasteiger charge is 2.53. The van der Waals surface area contributed by atoms with Gasteiger partial charge in [-0.3, -0.25) is 19.2 Å². The molecule has 6 heteroatoms. The van der Waals surface area contributed by atoms with Gasteiger partial charge in [-0.15, -0.1) is 0 Å². The van der Waals surface area contributed by atoms with Crippen molar-refractivity contribution < 1.29 is 28.7 Å². The van der Waals surface area contributed by atoms with E-state index < -0.39 is 47.7 Å². The molecule has 0 spiro atoms. The van der Waals surface area contributed by atoms with E-state index in [4.69, 9.17) is 9.47 Å². The van der Waals surface area contributed by atoms with E-state index in [0.717, 1.165) is 12.8 Å². The molecule has 6 nitrogen and oxygen atoms in total. The number of hydrogen-bond acceptors (Lipinski definition) is 6. The van der Waals surface area contributed by atoms with Gasteiger partial charge in [-0.25, -0.2) is 0 Å². The molecule has 0 bridgehead atoms. The van der Waals surface area contributed by atoms with Crippen molar-refractivity contribution in [1.82, 2.24) is 0 Å². The van der Waals surface area contributed by atoms with Crippen molar-refractivity contribution in [1.29, 1.82) is 0 Å². The van der Waals surface area contributed by atoms with E-state index in [-0.39, 0.29) is 19.1 Å². The summed E-state index contributed by atoms with van der Waals surface area (Å²) in [5.41, 5.74) is 0. The summed E-state index contributed by atoms with van der Waals surface area (Å²) < 4.78 is 10.1. The van der Waals surface area contributed by atoms with Crippen molar-refractivity contribution in [3.63, 3.8) is 0 Å². The maximum absolute atomic E-state index is 12.4. The Morgan fingerprint density at radius 2 is 1.54 bits per heavy atom. The molecule has 2 aliphatic carbocycles. The first kappa shape index (κ1) is 18.4. The third kappa shape index (κ3) is 3.74. The number of esters is 2. The molecule has 24 heavy (non-hydrogen) atoms. The molecule has 0 amide bonds. The summed E-state index contributed by atoms with van der Waals surface area (Å²) in [7, 11) is 0. The fourth-order valence-electron chi connectivity index (χ4n) is 3.77. The van der Waals surface area contributed by atoms with Crippen LogP contribution < -0.4 is 0 Å². The standard InChI is InChI=1S/C18H24O6/c1-3-23-17(21)15-12(19)10-13(20)16(18(22)24-4-2)14(15)11-8-6-5-7-9-11/h5-6,11,14-16H,3-4,7-10H2,1-2H3/t11-,15-,16-/m0/s1. The monoisotopic (exact) mass is 336 g/mol. The van der Waals surface area contributed by atoms with Gasteiger partial charge >= 0.3 is 11.9 Å². The van der Waals surface area contributed by atoms with Gasteiger partial charge in [-0.2, -0.15) is 0 Å². The van der Waals surface area contributed by atoms with Crippen LogP contribution in [0.3, 0.4) is 0 Å². The molecule has 0 radical (unpaired) electrons. The lowest BCUT2D eigenvalue weighted by Gasteiger charge is -2.39. The van der Waals surface area contributed by atoms with Gasteiger partial charge in [0.05, 0.1) is 19.6 Å². The lowest BCUT2D eigenvalue weighted by Crippen LogP contribution is -2.51. The molecule has 2 rings (SSSR count). The summed E-state index contributed by atoms with van der Waals surface area (Å²) in [6.45, 7) is 3.63. The van der Waals surface area contributed by atoms with Crippen LogP contribution in [0.1, 0.15) is 39.5 Å². The molecule has 2 aliphatic rings. The van der Waals surface area contributed by atoms with E-state index in [0.29, 0.717) is 6.42 Å². The van der Waals surface area contributed by atoms with Gasteiger partial charge in [0, 0.05) is 5.92 Å². The predicted molar refractivity (Wildman–Crippen MR) is 84.8 cm³/mol. The lowest BCUT2D eigenvalue weighted by molar-refractivity contribution is -0.166. The van der Waals surface area contributed by atoms with E-state index in [1.807, 2.05) is 12.2 Å². The van der Waals surface area contributed by atoms with Crippen LogP contribution >= 0.6 is 0 Å². The molecule has 1 saturated carbocycles. The number of carbonyl (C=O) groups is 4. The molecule has 132 valence electrons. The number of Topliss-reactive ketones (excluding diaryl/α,β-unsaturated/α-hetero) is 2. The van der Waals surface area contributed by atoms with E-state index >= 15 is 0 Å². The van der Waals surface area contributed by atoms with Crippen molar-refractivity contribution in [2.24, 2.45) is 23.7 Å². The first-order valence-electron chi connectivity index (χ1n) is 8.54. The Morgan fingerprint density at radius 3 is 1.96 bits per heavy atom. The zero-order valence-electron chi connectivity index (χ0n) is 14.2. The molecule has 0 aliphatic heterocycles. The van der Waals surface area contributed by atoms with Crippen LogP contribution in [0.15, 0.2) is 12.2 Å². The van der Waals surface area contributed by atoms with Crippen LogP contribution in [0.4, 0.5) is 0 Å². The van der Waals surface area contributed by atoms with Crippen LogP contribution in [-0.2, 0) is 28.7 Å². The zero-order chi connectivity index (χ0) is 17.7. The van der Waals surface area contributed by atoms with Crippen LogP contribution in [0.2, 0.25) is 0 Å². The van der Waals surface area contributed by atoms with E-state index in [9.17, 15) is 19.2 Å². The van der Waals surface area contributed by atoms with Crippen LogP contribution in [0, 0.1) is 23.7 Å². The van der Waals surface area contributed by atoms with E-state index in [2.05, 4.69) is 0 Å². The highest BCUT2D eigenvalue weighted by atomic mass is 16.5. The van der Waals surface area contributed by atoms with Gasteiger partial charge in [0.25, 0.3) is 0 Å². The van der Waals surface area contributed by atoms with Crippen LogP contribution in [0.5, 0.6) is 0 Å². The van der Waals surface area contributed by atoms with Crippen LogP contribution in [0.25, 0.3) is 0 Å². The maximum atomic E-state index is 12.4. The average molecular weight is 336 g/mol. The molecule has 0 aromatic rings. The minimum Gasteiger partial charge on any atom is -0.465 e. The first-order valence-corrected chi connectivity index (χ1v) is 8.54. The number of hydrogen-bond donors (Lipinski definition) is 0. The summed E-state index contributed by atoms with van der Waals surface area (Å²) in [6, 6.07) is 0. The topological polar surface area (TPSA) is 86.7 Å². The van der Waals surface area contributed by atoms with Crippen molar-refractivity contribution in [3.8, 4) is 0 Å². The summed E-state index contributed by atoms with van der Waals surface area (Å²) in [5.74, 6) is -5.05. The number of carbonyl (C=O) groups excluding carboxylic acids is 4. The van der Waals surface area contributed by atoms with Crippen molar-refractivity contribution in [2.75, 3.05) is 13.2 Å². The van der Waals surface area contributed by atoms with Crippen molar-refractivity contribution >= 4 is 23.5 Å². The molecule has 0 N–H and O–H groups in total. The second-order valence-corrected chi connectivity index (χ2v) is 6.19. The second kappa shape index (κ2) is 8.22. The fraction of sp³-hybridized carbons (Fsp3) is 0.667. The Kier molecular flexibility index (Phi) is 6.29. The van der Waals surface area contributed by atoms with Gasteiger partial charge in [-0.05, 0) is 39.0 Å². The molecule has 3 atom stereocenters. The largest absolute Gasteiger partial charge is 0.465 e. The summed E-state index contributed by atoms with van der Waals surface area (Å²) in [4.78, 5) is 49.6. The molecule has 0 saturated heterocycles. The van der Waals surface area contributed by atoms with Crippen molar-refractivity contribution in [2.45, 2.75) is 39.5 Å². The second-order valence-electron chi connectivity index (χ2n) is 6.19. The average Bonchev–Trinajstić information content (AvgIpc) is 2.55. The third-order valence-electron chi connectivity index (χ3n) is 4.75. The first-order chi connectivity index (χ1) is 11.5. The minimum absolute atomic E-state index is 0.0907. The molecule has 0 aromatic heterocycles. The van der Waals surface area contributed by atoms with Crippen molar-refractivity contribution in [3.05, 3.63) is 12.2 Å². The fourth-order valence-corrected chi connectivity index (χ4v) is 3.77. The van der Waals surface area contributed by atoms with Crippen LogP contribution in [-0.4, -0.2) is 36.7 Å². The predicted octanol–water partition coefficient (Wildman–Crippen LogP) is 1.86. The minimum atomic E-state index is -1.06. The highest BCUT2D eigenvalue weighted by Crippen LogP contribution is 2.42. The Morgan fingerprint density at radius 1 is 1.00 bits per heavy atom. The molecule has 1 fully saturated rings. The molecular formula is C18H24O6.